The summed E-state index contributed by atoms with van der Waals surface area (Å²) in [5, 5.41) is 4.78. The molecule has 0 radical (unpaired) electrons. The van der Waals surface area contributed by atoms with Crippen molar-refractivity contribution in [2.45, 2.75) is 63.9 Å². The zero-order valence-electron chi connectivity index (χ0n) is 16.4. The number of hydrogen-bond acceptors (Lipinski definition) is 2. The molecule has 0 aliphatic carbocycles. The van der Waals surface area contributed by atoms with Crippen LogP contribution in [-0.4, -0.2) is 37.5 Å². The van der Waals surface area contributed by atoms with Crippen molar-refractivity contribution in [2.24, 2.45) is 0 Å². The quantitative estimate of drug-likeness (QED) is 0.396. The Bertz CT molecular complexity index is 445. The van der Waals surface area contributed by atoms with Crippen LogP contribution in [0, 0.1) is 0 Å². The topological polar surface area (TPSA) is 21.3 Å². The molecule has 0 bridgehead atoms. The van der Waals surface area contributed by atoms with Gasteiger partial charge < -0.3 is 4.74 Å². The van der Waals surface area contributed by atoms with Gasteiger partial charge in [-0.2, -0.15) is 0 Å². The van der Waals surface area contributed by atoms with E-state index < -0.39 is 0 Å². The van der Waals surface area contributed by atoms with Gasteiger partial charge in [-0.25, -0.2) is 0 Å². The van der Waals surface area contributed by atoms with Gasteiger partial charge >= 0.3 is 128 Å². The van der Waals surface area contributed by atoms with Gasteiger partial charge in [0.15, 0.2) is 0 Å². The van der Waals surface area contributed by atoms with Gasteiger partial charge in [-0.1, -0.05) is 0 Å². The van der Waals surface area contributed by atoms with E-state index in [1.807, 2.05) is 0 Å². The maximum atomic E-state index is 4.94. The maximum absolute atomic E-state index is 4.94. The van der Waals surface area contributed by atoms with Crippen LogP contribution in [0.4, 0.5) is 5.69 Å². The van der Waals surface area contributed by atoms with Crippen LogP contribution in [0.15, 0.2) is 30.4 Å². The Morgan fingerprint density at radius 3 is 2.04 bits per heavy atom. The summed E-state index contributed by atoms with van der Waals surface area (Å²) in [6.45, 7) is 12.1. The molecule has 1 aromatic rings. The van der Waals surface area contributed by atoms with Crippen LogP contribution in [0.5, 0.6) is 0 Å². The molecule has 24 heavy (non-hydrogen) atoms. The number of allylic oxidation sites excluding steroid dienone is 1. The van der Waals surface area contributed by atoms with Gasteiger partial charge in [0.1, 0.15) is 0 Å². The van der Waals surface area contributed by atoms with Crippen LogP contribution in [0.1, 0.15) is 69.9 Å². The third kappa shape index (κ3) is 7.93. The SMILES string of the molecule is C1CCOC1.[Li][CH2]C=CCCNc1c(C(C)C)cccc1C(C)C. The van der Waals surface area contributed by atoms with E-state index in [2.05, 4.69) is 81.1 Å². The van der Waals surface area contributed by atoms with Crippen LogP contribution in [0.3, 0.4) is 0 Å². The Balaban J connectivity index is 0.000000488. The van der Waals surface area contributed by atoms with E-state index in [1.54, 1.807) is 0 Å². The molecule has 0 atom stereocenters. The number of hydrogen-bond donors (Lipinski definition) is 1. The summed E-state index contributed by atoms with van der Waals surface area (Å²) < 4.78 is 4.94. The number of nitrogens with one attached hydrogen (secondary N) is 1. The second kappa shape index (κ2) is 12.6. The molecular formula is C21H34LiNO. The molecule has 1 aliphatic rings. The van der Waals surface area contributed by atoms with Crippen molar-refractivity contribution in [1.82, 2.24) is 0 Å². The molecule has 1 aliphatic heterocycles. The predicted molar refractivity (Wildman–Crippen MR) is 107 cm³/mol. The molecule has 1 N–H and O–H groups in total. The molecule has 0 unspecified atom stereocenters. The summed E-state index contributed by atoms with van der Waals surface area (Å²) in [4.78, 5) is 0. The van der Waals surface area contributed by atoms with Crippen LogP contribution < -0.4 is 5.32 Å². The molecule has 3 heteroatoms. The Hall–Kier alpha value is -0.683. The van der Waals surface area contributed by atoms with Gasteiger partial charge in [-0.3, -0.25) is 0 Å². The second-order valence-corrected chi connectivity index (χ2v) is 7.04. The van der Waals surface area contributed by atoms with Crippen molar-refractivity contribution in [3.05, 3.63) is 41.5 Å². The fourth-order valence-electron chi connectivity index (χ4n) is 2.83. The summed E-state index contributed by atoms with van der Waals surface area (Å²) in [5.41, 5.74) is 4.23. The summed E-state index contributed by atoms with van der Waals surface area (Å²) >= 11 is 2.18. The average Bonchev–Trinajstić information content (AvgIpc) is 3.14. The normalized spacial score (nSPS) is 14.3. The van der Waals surface area contributed by atoms with E-state index in [4.69, 9.17) is 4.74 Å². The van der Waals surface area contributed by atoms with Crippen LogP contribution >= 0.6 is 0 Å². The molecular weight excluding hydrogens is 289 g/mol. The van der Waals surface area contributed by atoms with Crippen molar-refractivity contribution >= 4 is 23.4 Å². The first-order chi connectivity index (χ1) is 11.6. The number of para-hydroxylation sites is 1. The van der Waals surface area contributed by atoms with Crippen LogP contribution in [0.2, 0.25) is 5.09 Å². The Morgan fingerprint density at radius 1 is 1.04 bits per heavy atom. The van der Waals surface area contributed by atoms with E-state index in [9.17, 15) is 0 Å². The first-order valence-electron chi connectivity index (χ1n) is 9.67. The van der Waals surface area contributed by atoms with Gasteiger partial charge in [0.05, 0.1) is 0 Å². The Kier molecular flexibility index (Phi) is 11.3. The fourth-order valence-corrected chi connectivity index (χ4v) is 2.83. The Morgan fingerprint density at radius 2 is 1.62 bits per heavy atom. The van der Waals surface area contributed by atoms with E-state index in [0.717, 1.165) is 31.3 Å². The van der Waals surface area contributed by atoms with Gasteiger partial charge in [-0.05, 0) is 12.8 Å². The molecule has 0 saturated carbocycles. The van der Waals surface area contributed by atoms with Crippen molar-refractivity contribution in [1.29, 1.82) is 0 Å². The molecule has 1 heterocycles. The molecule has 0 amide bonds. The zero-order chi connectivity index (χ0) is 17.8. The third-order valence-corrected chi connectivity index (χ3v) is 4.22. The van der Waals surface area contributed by atoms with E-state index >= 15 is 0 Å². The molecule has 0 aromatic heterocycles. The number of anilines is 1. The fraction of sp³-hybridized carbons (Fsp3) is 0.619. The van der Waals surface area contributed by atoms with Gasteiger partial charge in [0.25, 0.3) is 0 Å². The van der Waals surface area contributed by atoms with Crippen LogP contribution in [-0.2, 0) is 4.74 Å². The average molecular weight is 323 g/mol. The number of ether oxygens (including phenoxy) is 1. The minimum atomic E-state index is 0.562. The molecule has 2 rings (SSSR count). The molecule has 1 saturated heterocycles. The number of rotatable bonds is 7. The Labute approximate surface area is 158 Å². The molecule has 1 aromatic carbocycles. The standard InChI is InChI=1S/C17H26N.C4H8O.Li/c1-6-7-8-12-18-17-15(13(2)3)10-9-11-16(17)14(4)5;1-2-4-5-3-1;/h6-7,9-11,13-14,18H,1,8,12H2,2-5H3;1-4H2;. The molecule has 1 fully saturated rings. The first-order valence-corrected chi connectivity index (χ1v) is 9.67. The minimum absolute atomic E-state index is 0.562. The molecule has 2 nitrogen and oxygen atoms in total. The molecule has 130 valence electrons. The van der Waals surface area contributed by atoms with Gasteiger partial charge in [-0.15, -0.1) is 0 Å². The van der Waals surface area contributed by atoms with Crippen molar-refractivity contribution < 1.29 is 4.74 Å². The zero-order valence-corrected chi connectivity index (χ0v) is 16.4. The van der Waals surface area contributed by atoms with Crippen LogP contribution in [0.25, 0.3) is 0 Å². The predicted octanol–water partition coefficient (Wildman–Crippen LogP) is 5.68. The number of benzene rings is 1. The second-order valence-electron chi connectivity index (χ2n) is 7.04. The molecule has 0 spiro atoms. The first kappa shape index (κ1) is 21.4. The van der Waals surface area contributed by atoms with Crippen molar-refractivity contribution in [2.75, 3.05) is 25.1 Å². The summed E-state index contributed by atoms with van der Waals surface area (Å²) in [6.07, 6.45) is 8.15. The van der Waals surface area contributed by atoms with E-state index in [-0.39, 0.29) is 0 Å². The summed E-state index contributed by atoms with van der Waals surface area (Å²) in [5.74, 6) is 1.12. The van der Waals surface area contributed by atoms with Gasteiger partial charge in [0, 0.05) is 13.2 Å². The van der Waals surface area contributed by atoms with Gasteiger partial charge in [0.2, 0.25) is 0 Å². The summed E-state index contributed by atoms with van der Waals surface area (Å²) in [7, 11) is 0. The monoisotopic (exact) mass is 323 g/mol. The summed E-state index contributed by atoms with van der Waals surface area (Å²) in [6, 6.07) is 6.69. The van der Waals surface area contributed by atoms with E-state index in [0.29, 0.717) is 11.8 Å². The van der Waals surface area contributed by atoms with Crippen molar-refractivity contribution in [3.63, 3.8) is 0 Å². The van der Waals surface area contributed by atoms with E-state index in [1.165, 1.54) is 29.7 Å². The van der Waals surface area contributed by atoms with Crippen molar-refractivity contribution in [3.8, 4) is 0 Å². The third-order valence-electron chi connectivity index (χ3n) is 4.22.